The Balaban J connectivity index is 2.20. The van der Waals surface area contributed by atoms with Gasteiger partial charge in [0, 0.05) is 35.4 Å². The van der Waals surface area contributed by atoms with Gasteiger partial charge >= 0.3 is 0 Å². The highest BCUT2D eigenvalue weighted by atomic mass is 127. The Kier molecular flexibility index (Phi) is 5.00. The second-order valence-electron chi connectivity index (χ2n) is 4.58. The molecule has 0 aliphatic rings. The maximum atomic E-state index is 10.7. The van der Waals surface area contributed by atoms with Crippen molar-refractivity contribution in [2.24, 2.45) is 0 Å². The smallest absolute Gasteiger partial charge is 0.134 e. The third-order valence-corrected chi connectivity index (χ3v) is 3.23. The highest BCUT2D eigenvalue weighted by Crippen LogP contribution is 2.19. The van der Waals surface area contributed by atoms with E-state index in [2.05, 4.69) is 9.85 Å². The van der Waals surface area contributed by atoms with E-state index < -0.39 is 5.60 Å². The summed E-state index contributed by atoms with van der Waals surface area (Å²) in [5.41, 5.74) is 1.18. The van der Waals surface area contributed by atoms with Gasteiger partial charge < -0.3 is 5.11 Å². The van der Waals surface area contributed by atoms with E-state index in [1.54, 1.807) is 0 Å². The molecule has 1 nitrogen and oxygen atoms in total. The molecule has 96 valence electrons. The van der Waals surface area contributed by atoms with E-state index in [1.807, 2.05) is 83.3 Å². The minimum Gasteiger partial charge on any atom is -0.377 e. The monoisotopic (exact) mass is 362 g/mol. The van der Waals surface area contributed by atoms with Gasteiger partial charge in [-0.2, -0.15) is 0 Å². The molecule has 0 saturated heterocycles. The molecule has 2 rings (SSSR count). The molecule has 1 N–H and O–H groups in total. The summed E-state index contributed by atoms with van der Waals surface area (Å²) in [7, 11) is 0. The van der Waals surface area contributed by atoms with Gasteiger partial charge in [0.2, 0.25) is 0 Å². The molecule has 0 aliphatic carbocycles. The molecule has 0 aromatic heterocycles. The lowest BCUT2D eigenvalue weighted by Gasteiger charge is -2.22. The van der Waals surface area contributed by atoms with Crippen molar-refractivity contribution in [1.82, 2.24) is 0 Å². The Morgan fingerprint density at radius 2 is 1.26 bits per heavy atom. The first kappa shape index (κ1) is 14.1. The lowest BCUT2D eigenvalue weighted by Crippen LogP contribution is -2.32. The molecule has 0 bridgehead atoms. The van der Waals surface area contributed by atoms with Crippen LogP contribution >= 0.6 is 22.6 Å². The van der Waals surface area contributed by atoms with Crippen LogP contribution in [-0.2, 0) is 12.8 Å². The van der Waals surface area contributed by atoms with E-state index in [0.29, 0.717) is 12.8 Å². The fraction of sp³-hybridized carbons (Fsp3) is 0.176. The summed E-state index contributed by atoms with van der Waals surface area (Å²) >= 11 is 1.98. The second kappa shape index (κ2) is 6.74. The largest absolute Gasteiger partial charge is 0.377 e. The van der Waals surface area contributed by atoms with E-state index in [4.69, 9.17) is 0 Å². The minimum absolute atomic E-state index is 0.540. The molecule has 0 radical (unpaired) electrons. The maximum absolute atomic E-state index is 10.7. The lowest BCUT2D eigenvalue weighted by molar-refractivity contribution is 0.102. The molecule has 0 spiro atoms. The molecule has 0 unspecified atom stereocenters. The Morgan fingerprint density at radius 3 is 1.63 bits per heavy atom. The molecule has 2 heteroatoms. The third-order valence-electron chi connectivity index (χ3n) is 2.96. The van der Waals surface area contributed by atoms with E-state index >= 15 is 0 Å². The third kappa shape index (κ3) is 4.38. The highest BCUT2D eigenvalue weighted by molar-refractivity contribution is 14.1. The average Bonchev–Trinajstić information content (AvgIpc) is 2.41. The molecule has 19 heavy (non-hydrogen) atoms. The number of benzene rings is 2. The number of rotatable bonds is 4. The van der Waals surface area contributed by atoms with Crippen LogP contribution in [0.4, 0.5) is 0 Å². The second-order valence-corrected chi connectivity index (χ2v) is 5.12. The van der Waals surface area contributed by atoms with Gasteiger partial charge in [-0.25, -0.2) is 0 Å². The maximum Gasteiger partial charge on any atom is 0.134 e. The Morgan fingerprint density at radius 1 is 0.842 bits per heavy atom. The summed E-state index contributed by atoms with van der Waals surface area (Å²) in [5.74, 6) is 2.95. The molecule has 0 fully saturated rings. The van der Waals surface area contributed by atoms with Gasteiger partial charge in [-0.15, -0.1) is 0 Å². The Hall–Kier alpha value is -1.31. The Labute approximate surface area is 127 Å². The van der Waals surface area contributed by atoms with Gasteiger partial charge in [0.15, 0.2) is 0 Å². The fourth-order valence-corrected chi connectivity index (χ4v) is 2.61. The predicted molar refractivity (Wildman–Crippen MR) is 87.0 cm³/mol. The Bertz CT molecular complexity index is 525. The van der Waals surface area contributed by atoms with Crippen LogP contribution in [-0.4, -0.2) is 10.7 Å². The summed E-state index contributed by atoms with van der Waals surface area (Å²) in [6.07, 6.45) is 1.08. The van der Waals surface area contributed by atoms with Gasteiger partial charge in [0.1, 0.15) is 5.60 Å². The topological polar surface area (TPSA) is 20.2 Å². The quantitative estimate of drug-likeness (QED) is 0.651. The first-order valence-electron chi connectivity index (χ1n) is 6.15. The van der Waals surface area contributed by atoms with E-state index in [9.17, 15) is 5.11 Å². The van der Waals surface area contributed by atoms with Gasteiger partial charge in [-0.1, -0.05) is 66.6 Å². The van der Waals surface area contributed by atoms with E-state index in [-0.39, 0.29) is 0 Å². The molecular weight excluding hydrogens is 347 g/mol. The van der Waals surface area contributed by atoms with Crippen molar-refractivity contribution < 1.29 is 5.11 Å². The molecule has 2 aromatic carbocycles. The van der Waals surface area contributed by atoms with Crippen LogP contribution < -0.4 is 0 Å². The van der Waals surface area contributed by atoms with Crippen molar-refractivity contribution in [3.8, 4) is 9.85 Å². The van der Waals surface area contributed by atoms with E-state index in [1.165, 1.54) is 0 Å². The first-order chi connectivity index (χ1) is 9.22. The van der Waals surface area contributed by atoms with Gasteiger partial charge in [-0.3, -0.25) is 0 Å². The van der Waals surface area contributed by atoms with Crippen LogP contribution in [0.2, 0.25) is 0 Å². The molecule has 0 atom stereocenters. The normalized spacial score (nSPS) is 10.6. The zero-order chi connectivity index (χ0) is 13.6. The van der Waals surface area contributed by atoms with Gasteiger partial charge in [-0.05, 0) is 15.1 Å². The fourth-order valence-electron chi connectivity index (χ4n) is 2.11. The molecule has 0 amide bonds. The average molecular weight is 362 g/mol. The molecule has 2 aromatic rings. The number of hydrogen-bond acceptors (Lipinski definition) is 1. The van der Waals surface area contributed by atoms with Crippen molar-refractivity contribution in [2.75, 3.05) is 0 Å². The van der Waals surface area contributed by atoms with Crippen LogP contribution in [0.3, 0.4) is 0 Å². The van der Waals surface area contributed by atoms with Crippen molar-refractivity contribution >= 4 is 22.6 Å². The zero-order valence-corrected chi connectivity index (χ0v) is 12.7. The lowest BCUT2D eigenvalue weighted by atomic mass is 9.89. The predicted octanol–water partition coefficient (Wildman–Crippen LogP) is 3.60. The van der Waals surface area contributed by atoms with Crippen molar-refractivity contribution in [1.29, 1.82) is 0 Å². The molecular formula is C17H15IO. The van der Waals surface area contributed by atoms with Gasteiger partial charge in [0.05, 0.1) is 0 Å². The summed E-state index contributed by atoms with van der Waals surface area (Å²) in [6.45, 7) is 0. The summed E-state index contributed by atoms with van der Waals surface area (Å²) < 4.78 is 2.82. The van der Waals surface area contributed by atoms with E-state index in [0.717, 1.165) is 11.1 Å². The molecule has 0 aliphatic heterocycles. The SMILES string of the molecule is OC(C#CI)(Cc1ccccc1)Cc1ccccc1. The number of halogens is 1. The minimum atomic E-state index is -1.01. The van der Waals surface area contributed by atoms with Crippen molar-refractivity contribution in [3.63, 3.8) is 0 Å². The van der Waals surface area contributed by atoms with Gasteiger partial charge in [0.25, 0.3) is 0 Å². The van der Waals surface area contributed by atoms with Crippen LogP contribution in [0.15, 0.2) is 60.7 Å². The number of hydrogen-bond donors (Lipinski definition) is 1. The summed E-state index contributed by atoms with van der Waals surface area (Å²) in [5, 5.41) is 10.7. The highest BCUT2D eigenvalue weighted by Gasteiger charge is 2.25. The van der Waals surface area contributed by atoms with Crippen LogP contribution in [0.5, 0.6) is 0 Å². The summed E-state index contributed by atoms with van der Waals surface area (Å²) in [4.78, 5) is 0. The number of aliphatic hydroxyl groups is 1. The zero-order valence-electron chi connectivity index (χ0n) is 10.5. The van der Waals surface area contributed by atoms with Crippen molar-refractivity contribution in [2.45, 2.75) is 18.4 Å². The van der Waals surface area contributed by atoms with Crippen LogP contribution in [0, 0.1) is 9.85 Å². The van der Waals surface area contributed by atoms with Crippen LogP contribution in [0.1, 0.15) is 11.1 Å². The first-order valence-corrected chi connectivity index (χ1v) is 7.23. The van der Waals surface area contributed by atoms with Crippen molar-refractivity contribution in [3.05, 3.63) is 71.8 Å². The molecule has 0 heterocycles. The van der Waals surface area contributed by atoms with Crippen LogP contribution in [0.25, 0.3) is 0 Å². The molecule has 0 saturated carbocycles. The standard InChI is InChI=1S/C17H15IO/c18-12-11-17(19,13-15-7-3-1-4-8-15)14-16-9-5-2-6-10-16/h1-10,19H,13-14H2. The summed E-state index contributed by atoms with van der Waals surface area (Å²) in [6, 6.07) is 20.0.